The normalized spacial score (nSPS) is 12.2. The van der Waals surface area contributed by atoms with Crippen LogP contribution in [0.2, 0.25) is 0 Å². The Balaban J connectivity index is 2.27. The molecule has 106 valence electrons. The largest absolute Gasteiger partial charge is 0.454 e. The van der Waals surface area contributed by atoms with Crippen molar-refractivity contribution in [3.05, 3.63) is 58.1 Å². The molecule has 0 aliphatic heterocycles. The van der Waals surface area contributed by atoms with Gasteiger partial charge in [0.2, 0.25) is 5.82 Å². The molecule has 2 rings (SSSR count). The first-order valence-corrected chi connectivity index (χ1v) is 6.90. The van der Waals surface area contributed by atoms with Gasteiger partial charge in [-0.15, -0.1) is 0 Å². The summed E-state index contributed by atoms with van der Waals surface area (Å²) in [6.07, 6.45) is 0. The number of nitrogens with one attached hydrogen (secondary N) is 1. The minimum atomic E-state index is -0.990. The molecule has 1 atom stereocenters. The van der Waals surface area contributed by atoms with Crippen molar-refractivity contribution in [2.75, 3.05) is 7.05 Å². The first-order chi connectivity index (χ1) is 9.52. The van der Waals surface area contributed by atoms with E-state index in [-0.39, 0.29) is 11.8 Å². The SMILES string of the molecule is CNC(C)c1ccc(Oc2cccc(F)c2F)cc1Br. The molecule has 0 aliphatic rings. The monoisotopic (exact) mass is 341 g/mol. The minimum Gasteiger partial charge on any atom is -0.454 e. The van der Waals surface area contributed by atoms with Gasteiger partial charge in [0.05, 0.1) is 0 Å². The van der Waals surface area contributed by atoms with Crippen LogP contribution in [0.4, 0.5) is 8.78 Å². The molecule has 2 aromatic rings. The van der Waals surface area contributed by atoms with Gasteiger partial charge in [-0.25, -0.2) is 4.39 Å². The number of ether oxygens (including phenoxy) is 1. The third kappa shape index (κ3) is 3.16. The van der Waals surface area contributed by atoms with Crippen molar-refractivity contribution in [3.63, 3.8) is 0 Å². The second-order valence-electron chi connectivity index (χ2n) is 4.35. The maximum absolute atomic E-state index is 13.5. The minimum absolute atomic E-state index is 0.133. The van der Waals surface area contributed by atoms with Crippen LogP contribution in [-0.4, -0.2) is 7.05 Å². The zero-order valence-electron chi connectivity index (χ0n) is 11.1. The van der Waals surface area contributed by atoms with Gasteiger partial charge in [-0.1, -0.05) is 28.1 Å². The van der Waals surface area contributed by atoms with Gasteiger partial charge in [0.25, 0.3) is 0 Å². The molecule has 0 aliphatic carbocycles. The second kappa shape index (κ2) is 6.33. The lowest BCUT2D eigenvalue weighted by atomic mass is 10.1. The molecule has 0 aromatic heterocycles. The standard InChI is InChI=1S/C15H14BrF2NO/c1-9(19-2)11-7-6-10(8-12(11)16)20-14-5-3-4-13(17)15(14)18/h3-9,19H,1-2H3. The van der Waals surface area contributed by atoms with Gasteiger partial charge in [-0.3, -0.25) is 0 Å². The maximum atomic E-state index is 13.5. The third-order valence-corrected chi connectivity index (χ3v) is 3.70. The molecular weight excluding hydrogens is 328 g/mol. The predicted octanol–water partition coefficient (Wildman–Crippen LogP) is 4.80. The molecule has 0 amide bonds. The van der Waals surface area contributed by atoms with E-state index in [2.05, 4.69) is 21.2 Å². The topological polar surface area (TPSA) is 21.3 Å². The summed E-state index contributed by atoms with van der Waals surface area (Å²) in [5.41, 5.74) is 1.06. The van der Waals surface area contributed by atoms with Crippen LogP contribution < -0.4 is 10.1 Å². The van der Waals surface area contributed by atoms with Crippen molar-refractivity contribution in [1.29, 1.82) is 0 Å². The van der Waals surface area contributed by atoms with Gasteiger partial charge in [-0.05, 0) is 43.8 Å². The summed E-state index contributed by atoms with van der Waals surface area (Å²) in [5, 5.41) is 3.13. The van der Waals surface area contributed by atoms with Gasteiger partial charge in [0.1, 0.15) is 5.75 Å². The van der Waals surface area contributed by atoms with E-state index in [9.17, 15) is 8.78 Å². The van der Waals surface area contributed by atoms with Crippen LogP contribution in [0.15, 0.2) is 40.9 Å². The Morgan fingerprint density at radius 1 is 1.20 bits per heavy atom. The molecule has 0 spiro atoms. The fourth-order valence-corrected chi connectivity index (χ4v) is 2.47. The lowest BCUT2D eigenvalue weighted by Gasteiger charge is -2.14. The highest BCUT2D eigenvalue weighted by molar-refractivity contribution is 9.10. The Morgan fingerprint density at radius 2 is 1.95 bits per heavy atom. The summed E-state index contributed by atoms with van der Waals surface area (Å²) in [6, 6.07) is 9.33. The molecule has 0 bridgehead atoms. The molecule has 0 heterocycles. The van der Waals surface area contributed by atoms with Crippen molar-refractivity contribution in [2.24, 2.45) is 0 Å². The zero-order chi connectivity index (χ0) is 14.7. The van der Waals surface area contributed by atoms with Crippen molar-refractivity contribution in [1.82, 2.24) is 5.32 Å². The van der Waals surface area contributed by atoms with Crippen LogP contribution in [-0.2, 0) is 0 Å². The molecule has 0 fully saturated rings. The van der Waals surface area contributed by atoms with E-state index in [1.807, 2.05) is 20.0 Å². The van der Waals surface area contributed by atoms with E-state index in [0.29, 0.717) is 5.75 Å². The Hall–Kier alpha value is -1.46. The summed E-state index contributed by atoms with van der Waals surface area (Å²) in [7, 11) is 1.86. The number of hydrogen-bond donors (Lipinski definition) is 1. The molecule has 0 saturated heterocycles. The average molecular weight is 342 g/mol. The Bertz CT molecular complexity index is 619. The number of halogens is 3. The smallest absolute Gasteiger partial charge is 0.201 e. The number of benzene rings is 2. The summed E-state index contributed by atoms with van der Waals surface area (Å²) in [5.74, 6) is -1.61. The predicted molar refractivity (Wildman–Crippen MR) is 78.0 cm³/mol. The lowest BCUT2D eigenvalue weighted by molar-refractivity contribution is 0.415. The second-order valence-corrected chi connectivity index (χ2v) is 5.20. The first kappa shape index (κ1) is 14.9. The summed E-state index contributed by atoms with van der Waals surface area (Å²) in [6.45, 7) is 2.02. The van der Waals surface area contributed by atoms with Crippen LogP contribution in [0.5, 0.6) is 11.5 Å². The van der Waals surface area contributed by atoms with Gasteiger partial charge in [0.15, 0.2) is 11.6 Å². The fourth-order valence-electron chi connectivity index (χ4n) is 1.77. The molecule has 2 nitrogen and oxygen atoms in total. The average Bonchev–Trinajstić information content (AvgIpc) is 2.43. The van der Waals surface area contributed by atoms with E-state index in [4.69, 9.17) is 4.74 Å². The maximum Gasteiger partial charge on any atom is 0.201 e. The van der Waals surface area contributed by atoms with E-state index in [1.165, 1.54) is 12.1 Å². The van der Waals surface area contributed by atoms with Crippen LogP contribution >= 0.6 is 15.9 Å². The van der Waals surface area contributed by atoms with Crippen molar-refractivity contribution in [2.45, 2.75) is 13.0 Å². The van der Waals surface area contributed by atoms with Crippen LogP contribution in [0.3, 0.4) is 0 Å². The Labute approximate surface area is 124 Å². The molecule has 5 heteroatoms. The van der Waals surface area contributed by atoms with Crippen LogP contribution in [0, 0.1) is 11.6 Å². The lowest BCUT2D eigenvalue weighted by Crippen LogP contribution is -2.12. The van der Waals surface area contributed by atoms with Gasteiger partial charge in [-0.2, -0.15) is 4.39 Å². The molecule has 20 heavy (non-hydrogen) atoms. The fraction of sp³-hybridized carbons (Fsp3) is 0.200. The van der Waals surface area contributed by atoms with Crippen molar-refractivity contribution in [3.8, 4) is 11.5 Å². The van der Waals surface area contributed by atoms with Crippen molar-refractivity contribution < 1.29 is 13.5 Å². The zero-order valence-corrected chi connectivity index (χ0v) is 12.7. The molecule has 2 aromatic carbocycles. The quantitative estimate of drug-likeness (QED) is 0.862. The Kier molecular flexibility index (Phi) is 4.73. The Morgan fingerprint density at radius 3 is 2.60 bits per heavy atom. The highest BCUT2D eigenvalue weighted by Crippen LogP contribution is 2.31. The highest BCUT2D eigenvalue weighted by atomic mass is 79.9. The number of rotatable bonds is 4. The van der Waals surface area contributed by atoms with Gasteiger partial charge in [0, 0.05) is 10.5 Å². The first-order valence-electron chi connectivity index (χ1n) is 6.11. The third-order valence-electron chi connectivity index (χ3n) is 3.02. The van der Waals surface area contributed by atoms with Gasteiger partial charge >= 0.3 is 0 Å². The van der Waals surface area contributed by atoms with E-state index in [0.717, 1.165) is 16.1 Å². The number of hydrogen-bond acceptors (Lipinski definition) is 2. The van der Waals surface area contributed by atoms with Gasteiger partial charge < -0.3 is 10.1 Å². The van der Waals surface area contributed by atoms with E-state index in [1.54, 1.807) is 12.1 Å². The molecule has 0 radical (unpaired) electrons. The molecular formula is C15H14BrF2NO. The highest BCUT2D eigenvalue weighted by Gasteiger charge is 2.12. The van der Waals surface area contributed by atoms with Crippen LogP contribution in [0.1, 0.15) is 18.5 Å². The van der Waals surface area contributed by atoms with Crippen molar-refractivity contribution >= 4 is 15.9 Å². The van der Waals surface area contributed by atoms with Crippen LogP contribution in [0.25, 0.3) is 0 Å². The summed E-state index contributed by atoms with van der Waals surface area (Å²) < 4.78 is 32.8. The molecule has 1 N–H and O–H groups in total. The molecule has 0 saturated carbocycles. The van der Waals surface area contributed by atoms with E-state index < -0.39 is 11.6 Å². The molecule has 1 unspecified atom stereocenters. The summed E-state index contributed by atoms with van der Waals surface area (Å²) in [4.78, 5) is 0. The van der Waals surface area contributed by atoms with E-state index >= 15 is 0 Å². The summed E-state index contributed by atoms with van der Waals surface area (Å²) >= 11 is 3.45.